The van der Waals surface area contributed by atoms with Gasteiger partial charge in [-0.1, -0.05) is 43.0 Å². The first-order valence-electron chi connectivity index (χ1n) is 10.6. The summed E-state index contributed by atoms with van der Waals surface area (Å²) >= 11 is 0. The van der Waals surface area contributed by atoms with Crippen molar-refractivity contribution in [2.75, 3.05) is 14.2 Å². The fraction of sp³-hybridized carbons (Fsp3) is 0.240. The quantitative estimate of drug-likeness (QED) is 0.307. The first kappa shape index (κ1) is 25.1. The molecule has 2 aromatic carbocycles. The lowest BCUT2D eigenvalue weighted by atomic mass is 9.89. The molecule has 7 nitrogen and oxygen atoms in total. The number of carbonyl (C=O) groups is 2. The summed E-state index contributed by atoms with van der Waals surface area (Å²) < 4.78 is 20.4. The van der Waals surface area contributed by atoms with E-state index in [2.05, 4.69) is 24.6 Å². The maximum Gasteiger partial charge on any atom is 0.257 e. The zero-order valence-corrected chi connectivity index (χ0v) is 20.8. The fourth-order valence-corrected chi connectivity index (χ4v) is 4.73. The molecule has 1 atom stereocenters. The van der Waals surface area contributed by atoms with Gasteiger partial charge in [-0.15, -0.1) is 0 Å². The van der Waals surface area contributed by atoms with Crippen LogP contribution < -0.4 is 21.2 Å². The third kappa shape index (κ3) is 4.71. The predicted molar refractivity (Wildman–Crippen MR) is 132 cm³/mol. The average molecular weight is 482 g/mol. The second-order valence-corrected chi connectivity index (χ2v) is 14.2. The summed E-state index contributed by atoms with van der Waals surface area (Å²) in [4.78, 5) is 42.0. The molecule has 0 aliphatic heterocycles. The molecule has 0 saturated heterocycles. The summed E-state index contributed by atoms with van der Waals surface area (Å²) in [7, 11) is 1.04. The molecule has 0 saturated carbocycles. The van der Waals surface area contributed by atoms with Crippen LogP contribution in [0.2, 0.25) is 19.6 Å². The van der Waals surface area contributed by atoms with E-state index in [4.69, 9.17) is 10.5 Å². The molecule has 1 unspecified atom stereocenters. The van der Waals surface area contributed by atoms with Crippen molar-refractivity contribution in [2.24, 2.45) is 5.73 Å². The van der Waals surface area contributed by atoms with Crippen molar-refractivity contribution in [2.45, 2.75) is 25.3 Å². The summed E-state index contributed by atoms with van der Waals surface area (Å²) in [5, 5.41) is 0.853. The van der Waals surface area contributed by atoms with E-state index in [9.17, 15) is 14.4 Å². The summed E-state index contributed by atoms with van der Waals surface area (Å²) in [6.45, 7) is 6.22. The van der Waals surface area contributed by atoms with Gasteiger partial charge in [0, 0.05) is 24.9 Å². The van der Waals surface area contributed by atoms with Gasteiger partial charge in [-0.3, -0.25) is 20.1 Å². The van der Waals surface area contributed by atoms with Gasteiger partial charge in [0.05, 0.1) is 26.3 Å². The smallest absolute Gasteiger partial charge is 0.257 e. The van der Waals surface area contributed by atoms with Crippen LogP contribution in [0.4, 0.5) is 4.39 Å². The Balaban J connectivity index is 2.14. The third-order valence-corrected chi connectivity index (χ3v) is 7.86. The summed E-state index contributed by atoms with van der Waals surface area (Å²) in [5.74, 6) is -1.57. The highest BCUT2D eigenvalue weighted by Gasteiger charge is 2.44. The third-order valence-electron chi connectivity index (χ3n) is 5.82. The Morgan fingerprint density at radius 2 is 1.71 bits per heavy atom. The number of methoxy groups -OCH3 is 1. The van der Waals surface area contributed by atoms with E-state index in [1.165, 1.54) is 44.6 Å². The number of benzene rings is 2. The maximum atomic E-state index is 15.2. The maximum absolute atomic E-state index is 15.2. The van der Waals surface area contributed by atoms with Gasteiger partial charge in [0.15, 0.2) is 5.66 Å². The Bertz CT molecular complexity index is 1260. The van der Waals surface area contributed by atoms with Crippen molar-refractivity contribution in [1.29, 1.82) is 0 Å². The predicted octanol–water partition coefficient (Wildman–Crippen LogP) is 2.83. The highest BCUT2D eigenvalue weighted by atomic mass is 28.3. The number of pyridine rings is 1. The zero-order chi connectivity index (χ0) is 25.3. The summed E-state index contributed by atoms with van der Waals surface area (Å²) in [5.41, 5.74) is 4.42. The van der Waals surface area contributed by atoms with Crippen LogP contribution in [0, 0.1) is 5.82 Å². The number of ether oxygens (including phenoxy) is 1. The summed E-state index contributed by atoms with van der Waals surface area (Å²) in [6.07, 6.45) is 1.24. The molecule has 3 rings (SSSR count). The van der Waals surface area contributed by atoms with Crippen LogP contribution in [0.1, 0.15) is 26.3 Å². The summed E-state index contributed by atoms with van der Waals surface area (Å²) in [6, 6.07) is 13.4. The van der Waals surface area contributed by atoms with Gasteiger partial charge >= 0.3 is 0 Å². The molecule has 178 valence electrons. The van der Waals surface area contributed by atoms with E-state index in [1.54, 1.807) is 30.3 Å². The van der Waals surface area contributed by atoms with Crippen molar-refractivity contribution in [3.05, 3.63) is 93.7 Å². The normalized spacial score (nSPS) is 13.1. The topological polar surface area (TPSA) is 105 Å². The number of hydrogen-bond donors (Lipinski definition) is 2. The number of ketones is 1. The molecule has 1 aromatic heterocycles. The van der Waals surface area contributed by atoms with Crippen LogP contribution >= 0.6 is 0 Å². The van der Waals surface area contributed by atoms with Crippen molar-refractivity contribution < 1.29 is 18.7 Å². The van der Waals surface area contributed by atoms with Gasteiger partial charge in [0.1, 0.15) is 11.6 Å². The molecule has 0 aliphatic carbocycles. The van der Waals surface area contributed by atoms with E-state index in [0.29, 0.717) is 5.75 Å². The number of Topliss-reactive ketones (excluding diaryl/α,β-unsaturated/α-hetero) is 1. The Hall–Kier alpha value is -3.56. The minimum absolute atomic E-state index is 0.118. The van der Waals surface area contributed by atoms with Crippen molar-refractivity contribution in [3.63, 3.8) is 0 Å². The monoisotopic (exact) mass is 481 g/mol. The van der Waals surface area contributed by atoms with Crippen LogP contribution in [0.15, 0.2) is 65.6 Å². The minimum atomic E-state index is -2.04. The van der Waals surface area contributed by atoms with Crippen LogP contribution in [0.5, 0.6) is 5.75 Å². The minimum Gasteiger partial charge on any atom is -0.497 e. The molecular formula is C25H28FN3O4Si. The number of aromatic nitrogens is 1. The van der Waals surface area contributed by atoms with Crippen LogP contribution in [0.25, 0.3) is 0 Å². The largest absolute Gasteiger partial charge is 0.497 e. The second-order valence-electron chi connectivity index (χ2n) is 9.07. The molecule has 0 bridgehead atoms. The van der Waals surface area contributed by atoms with Crippen molar-refractivity contribution in [1.82, 2.24) is 9.88 Å². The van der Waals surface area contributed by atoms with Gasteiger partial charge in [-0.2, -0.15) is 0 Å². The number of rotatable bonds is 7. The Labute approximate surface area is 198 Å². The molecule has 34 heavy (non-hydrogen) atoms. The Morgan fingerprint density at radius 3 is 2.21 bits per heavy atom. The second kappa shape index (κ2) is 9.36. The highest BCUT2D eigenvalue weighted by molar-refractivity contribution is 6.88. The van der Waals surface area contributed by atoms with E-state index in [-0.39, 0.29) is 22.2 Å². The van der Waals surface area contributed by atoms with Crippen LogP contribution in [-0.2, 0) is 5.66 Å². The number of nitrogens with one attached hydrogen (secondary N) is 1. The van der Waals surface area contributed by atoms with E-state index < -0.39 is 31.2 Å². The lowest BCUT2D eigenvalue weighted by Gasteiger charge is -2.38. The number of hydrogen-bond acceptors (Lipinski definition) is 5. The number of amides is 1. The van der Waals surface area contributed by atoms with Crippen molar-refractivity contribution >= 4 is 25.0 Å². The Morgan fingerprint density at radius 1 is 1.06 bits per heavy atom. The van der Waals surface area contributed by atoms with Crippen molar-refractivity contribution in [3.8, 4) is 5.75 Å². The molecule has 3 N–H and O–H groups in total. The lowest BCUT2D eigenvalue weighted by Crippen LogP contribution is -2.59. The number of aromatic amines is 1. The average Bonchev–Trinajstić information content (AvgIpc) is 2.82. The van der Waals surface area contributed by atoms with E-state index in [1.807, 2.05) is 0 Å². The SMILES string of the molecule is COc1ccc(C(N)(C(=O)c2ccc([Si](C)(C)C)cc2F)N(C)C(=O)c2ccc(=O)[nH]c2)cc1. The van der Waals surface area contributed by atoms with E-state index >= 15 is 4.39 Å². The molecule has 3 aromatic rings. The van der Waals surface area contributed by atoms with Gasteiger partial charge in [0.2, 0.25) is 11.3 Å². The number of carbonyl (C=O) groups excluding carboxylic acids is 2. The number of nitrogens with zero attached hydrogens (tertiary/aromatic N) is 1. The van der Waals surface area contributed by atoms with Gasteiger partial charge in [-0.05, 0) is 30.3 Å². The molecule has 0 spiro atoms. The number of nitrogens with two attached hydrogens (primary N) is 1. The molecule has 9 heteroatoms. The first-order chi connectivity index (χ1) is 15.9. The molecule has 0 radical (unpaired) electrons. The van der Waals surface area contributed by atoms with E-state index in [0.717, 1.165) is 10.1 Å². The van der Waals surface area contributed by atoms with Gasteiger partial charge < -0.3 is 14.6 Å². The number of H-pyrrole nitrogens is 1. The fourth-order valence-electron chi connectivity index (χ4n) is 3.59. The molecule has 1 heterocycles. The number of likely N-dealkylation sites (N-methyl/N-ethyl adjacent to an activating group) is 1. The molecular weight excluding hydrogens is 453 g/mol. The first-order valence-corrected chi connectivity index (χ1v) is 14.1. The van der Waals surface area contributed by atoms with Gasteiger partial charge in [0.25, 0.3) is 5.91 Å². The Kier molecular flexibility index (Phi) is 6.90. The number of halogens is 1. The molecule has 1 amide bonds. The van der Waals surface area contributed by atoms with Crippen LogP contribution in [0.3, 0.4) is 0 Å². The van der Waals surface area contributed by atoms with Crippen LogP contribution in [-0.4, -0.2) is 43.8 Å². The molecule has 0 aliphatic rings. The van der Waals surface area contributed by atoms with Gasteiger partial charge in [-0.25, -0.2) is 4.39 Å². The lowest BCUT2D eigenvalue weighted by molar-refractivity contribution is 0.0473. The zero-order valence-electron chi connectivity index (χ0n) is 19.8. The highest BCUT2D eigenvalue weighted by Crippen LogP contribution is 2.30. The molecule has 0 fully saturated rings. The standard InChI is InChI=1S/C25H28FN3O4Si/c1-29(24(32)16-6-13-22(30)28-15-16)25(27,17-7-9-18(33-2)10-8-17)23(31)20-12-11-19(14-21(20)26)34(3,4)5/h6-15H,27H2,1-5H3,(H,28,30).